The number of aromatic nitrogens is 4. The zero-order chi connectivity index (χ0) is 23.2. The number of nitrogen functional groups attached to an aromatic ring is 1. The number of ether oxygens (including phenoxy) is 1. The van der Waals surface area contributed by atoms with Gasteiger partial charge in [-0.25, -0.2) is 28.1 Å². The van der Waals surface area contributed by atoms with Crippen LogP contribution in [-0.4, -0.2) is 64.4 Å². The minimum Gasteiger partial charge on any atom is -0.756 e. The smallest absolute Gasteiger partial charge is 0.756 e. The Morgan fingerprint density at radius 1 is 1.06 bits per heavy atom. The van der Waals surface area contributed by atoms with Gasteiger partial charge in [-0.2, -0.15) is 0 Å². The van der Waals surface area contributed by atoms with Crippen LogP contribution in [0.15, 0.2) is 12.7 Å². The van der Waals surface area contributed by atoms with Gasteiger partial charge < -0.3 is 40.3 Å². The van der Waals surface area contributed by atoms with Crippen molar-refractivity contribution in [2.24, 2.45) is 0 Å². The summed E-state index contributed by atoms with van der Waals surface area (Å²) >= 11 is 0. The Morgan fingerprint density at radius 3 is 2.18 bits per heavy atom. The first-order valence-corrected chi connectivity index (χ1v) is 12.3. The summed E-state index contributed by atoms with van der Waals surface area (Å²) in [7, 11) is -17.4. The van der Waals surface area contributed by atoms with Crippen molar-refractivity contribution in [1.82, 2.24) is 19.5 Å². The second kappa shape index (κ2) is 11.8. The molecular formula is C10H14N5Na2O13P3. The number of aliphatic hydroxyl groups excluding tert-OH is 2. The van der Waals surface area contributed by atoms with E-state index in [9.17, 15) is 33.7 Å². The van der Waals surface area contributed by atoms with Crippen LogP contribution in [0.1, 0.15) is 6.23 Å². The van der Waals surface area contributed by atoms with Crippen LogP contribution in [0.3, 0.4) is 0 Å². The van der Waals surface area contributed by atoms with E-state index >= 15 is 0 Å². The molecule has 0 saturated carbocycles. The van der Waals surface area contributed by atoms with Gasteiger partial charge in [-0.1, -0.05) is 0 Å². The molecular weight excluding hydrogens is 537 g/mol. The van der Waals surface area contributed by atoms with Crippen LogP contribution < -0.4 is 74.6 Å². The van der Waals surface area contributed by atoms with Gasteiger partial charge in [0.2, 0.25) is 0 Å². The van der Waals surface area contributed by atoms with Gasteiger partial charge in [0.1, 0.15) is 30.2 Å². The molecule has 0 spiro atoms. The molecule has 3 heterocycles. The fourth-order valence-corrected chi connectivity index (χ4v) is 5.75. The molecule has 33 heavy (non-hydrogen) atoms. The Morgan fingerprint density at radius 2 is 1.64 bits per heavy atom. The number of aliphatic hydroxyl groups is 2. The average Bonchev–Trinajstić information content (AvgIpc) is 3.13. The van der Waals surface area contributed by atoms with E-state index in [2.05, 4.69) is 28.1 Å². The molecule has 0 aromatic carbocycles. The van der Waals surface area contributed by atoms with Gasteiger partial charge in [0.15, 0.2) is 17.7 Å². The number of rotatable bonds is 8. The number of nitrogens with two attached hydrogens (primary N) is 1. The minimum atomic E-state index is -5.87. The normalized spacial score (nSPS) is 28.2. The molecule has 0 bridgehead atoms. The van der Waals surface area contributed by atoms with Crippen molar-refractivity contribution >= 4 is 40.4 Å². The van der Waals surface area contributed by atoms with Crippen molar-refractivity contribution in [3.8, 4) is 0 Å². The molecule has 1 aliphatic heterocycles. The zero-order valence-electron chi connectivity index (χ0n) is 16.8. The Bertz CT molecular complexity index is 1080. The van der Waals surface area contributed by atoms with Gasteiger partial charge in [0.25, 0.3) is 15.6 Å². The summed E-state index contributed by atoms with van der Waals surface area (Å²) in [5.41, 5.74) is 5.93. The summed E-state index contributed by atoms with van der Waals surface area (Å²) in [6.45, 7) is -1.09. The van der Waals surface area contributed by atoms with E-state index in [1.807, 2.05) is 0 Å². The molecule has 0 amide bonds. The van der Waals surface area contributed by atoms with E-state index in [0.717, 1.165) is 12.7 Å². The summed E-state index contributed by atoms with van der Waals surface area (Å²) in [5, 5.41) is 20.4. The van der Waals surface area contributed by atoms with E-state index in [4.69, 9.17) is 20.3 Å². The molecule has 174 valence electrons. The Hall–Kier alpha value is 0.640. The van der Waals surface area contributed by atoms with Crippen molar-refractivity contribution in [2.75, 3.05) is 12.3 Å². The van der Waals surface area contributed by atoms with Gasteiger partial charge in [-0.05, 0) is 0 Å². The third-order valence-corrected chi connectivity index (χ3v) is 7.52. The van der Waals surface area contributed by atoms with Gasteiger partial charge in [-0.3, -0.25) is 18.2 Å². The fraction of sp³-hybridized carbons (Fsp3) is 0.500. The summed E-state index contributed by atoms with van der Waals surface area (Å²) in [6, 6.07) is 0. The van der Waals surface area contributed by atoms with Crippen LogP contribution in [0.5, 0.6) is 0 Å². The number of hydrogen-bond donors (Lipinski definition) is 5. The van der Waals surface area contributed by atoms with Gasteiger partial charge in [-0.15, -0.1) is 0 Å². The second-order valence-corrected chi connectivity index (χ2v) is 10.3. The third kappa shape index (κ3) is 8.06. The first-order chi connectivity index (χ1) is 14.2. The second-order valence-electron chi connectivity index (χ2n) is 5.97. The topological polar surface area (TPSA) is 285 Å². The predicted molar refractivity (Wildman–Crippen MR) is 91.0 cm³/mol. The van der Waals surface area contributed by atoms with Gasteiger partial charge in [0.05, 0.1) is 12.9 Å². The minimum absolute atomic E-state index is 0. The molecule has 6 atom stereocenters. The standard InChI is InChI=1S/C10H16N5O13P3.2Na/c11-8-5-9(13-2-12-8)15(3-14-5)10-7(17)6(16)4(26-10)1-25-31(24,27-29(18,19)20)28-30(21,22)23;;/h2-4,6-7,10,16-17H,1H2,(H2,11,12,13)(H2,18,19,20)(H2,21,22,23);;/q;2*+1/p-2/t4-,6-,7-,10?;;/m1../s1. The maximum atomic E-state index is 12.1. The Balaban J connectivity index is 0.00000272. The summed E-state index contributed by atoms with van der Waals surface area (Å²) in [5.74, 6) is 0.0176. The predicted octanol–water partition coefficient (Wildman–Crippen LogP) is -8.89. The van der Waals surface area contributed by atoms with E-state index in [1.165, 1.54) is 4.57 Å². The van der Waals surface area contributed by atoms with Crippen LogP contribution >= 0.6 is 23.5 Å². The third-order valence-electron chi connectivity index (χ3n) is 3.80. The Kier molecular flexibility index (Phi) is 11.3. The molecule has 0 radical (unpaired) electrons. The molecule has 2 aromatic rings. The van der Waals surface area contributed by atoms with E-state index < -0.39 is 54.6 Å². The first-order valence-electron chi connectivity index (χ1n) is 7.88. The van der Waals surface area contributed by atoms with Crippen molar-refractivity contribution in [1.29, 1.82) is 0 Å². The summed E-state index contributed by atoms with van der Waals surface area (Å²) in [6.07, 6.45) is -4.06. The van der Waals surface area contributed by atoms with Crippen molar-refractivity contribution in [3.63, 3.8) is 0 Å². The van der Waals surface area contributed by atoms with Crippen LogP contribution in [-0.2, 0) is 31.6 Å². The fourth-order valence-electron chi connectivity index (χ4n) is 2.63. The van der Waals surface area contributed by atoms with Crippen molar-refractivity contribution < 1.29 is 120 Å². The average molecular weight is 551 g/mol. The number of nitrogens with zero attached hydrogens (tertiary/aromatic N) is 4. The monoisotopic (exact) mass is 551 g/mol. The molecule has 23 heteroatoms. The first kappa shape index (κ1) is 31.7. The number of imidazole rings is 1. The van der Waals surface area contributed by atoms with Crippen LogP contribution in [0.2, 0.25) is 0 Å². The van der Waals surface area contributed by atoms with Gasteiger partial charge in [0, 0.05) is 0 Å². The summed E-state index contributed by atoms with van der Waals surface area (Å²) < 4.78 is 51.9. The largest absolute Gasteiger partial charge is 1.00 e. The van der Waals surface area contributed by atoms with E-state index in [0.29, 0.717) is 0 Å². The van der Waals surface area contributed by atoms with Crippen molar-refractivity contribution in [2.45, 2.75) is 24.5 Å². The van der Waals surface area contributed by atoms with E-state index in [1.54, 1.807) is 0 Å². The number of anilines is 1. The number of hydrogen-bond acceptors (Lipinski definition) is 15. The molecule has 0 aliphatic carbocycles. The Labute approximate surface area is 228 Å². The SMILES string of the molecule is Nc1ncnc2c1ncn2C1O[C@H](COP(=O)(OP(=O)([O-])O)OP(=O)([O-])O)[C@@H](O)[C@H]1O.[Na+].[Na+]. The number of fused-ring (bicyclic) bond motifs is 1. The molecule has 6 N–H and O–H groups in total. The molecule has 1 aliphatic rings. The molecule has 18 nitrogen and oxygen atoms in total. The van der Waals surface area contributed by atoms with Crippen LogP contribution in [0.4, 0.5) is 5.82 Å². The maximum absolute atomic E-state index is 12.1. The molecule has 1 fully saturated rings. The van der Waals surface area contributed by atoms with Crippen LogP contribution in [0, 0.1) is 0 Å². The zero-order valence-corrected chi connectivity index (χ0v) is 23.5. The molecule has 3 unspecified atom stereocenters. The molecule has 2 aromatic heterocycles. The van der Waals surface area contributed by atoms with E-state index in [-0.39, 0.29) is 76.1 Å². The molecule has 3 rings (SSSR count). The van der Waals surface area contributed by atoms with Gasteiger partial charge >= 0.3 is 66.9 Å². The quantitative estimate of drug-likeness (QED) is 0.150. The molecule has 1 saturated heterocycles. The number of phosphoric acid groups is 3. The maximum Gasteiger partial charge on any atom is 1.00 e. The van der Waals surface area contributed by atoms with Crippen LogP contribution in [0.25, 0.3) is 11.2 Å². The van der Waals surface area contributed by atoms with Crippen molar-refractivity contribution in [3.05, 3.63) is 12.7 Å². The summed E-state index contributed by atoms with van der Waals surface area (Å²) in [4.78, 5) is 50.5.